The molecule has 1 aliphatic heterocycles. The Morgan fingerprint density at radius 1 is 1.61 bits per heavy atom. The molecule has 2 rings (SSSR count). The second-order valence-corrected chi connectivity index (χ2v) is 6.55. The number of halogens is 1. The van der Waals surface area contributed by atoms with E-state index in [0.29, 0.717) is 12.5 Å². The van der Waals surface area contributed by atoms with Gasteiger partial charge in [-0.05, 0) is 59.1 Å². The van der Waals surface area contributed by atoms with Crippen LogP contribution in [0.2, 0.25) is 0 Å². The van der Waals surface area contributed by atoms with Crippen molar-refractivity contribution in [2.75, 3.05) is 26.2 Å². The summed E-state index contributed by atoms with van der Waals surface area (Å²) in [5.41, 5.74) is 0. The van der Waals surface area contributed by atoms with Gasteiger partial charge in [0, 0.05) is 17.6 Å². The van der Waals surface area contributed by atoms with Gasteiger partial charge in [-0.2, -0.15) is 0 Å². The number of rotatable bonds is 5. The molecule has 0 spiro atoms. The Morgan fingerprint density at radius 3 is 3.11 bits per heavy atom. The number of piperidine rings is 1. The van der Waals surface area contributed by atoms with Gasteiger partial charge in [0.1, 0.15) is 0 Å². The second kappa shape index (κ2) is 6.80. The van der Waals surface area contributed by atoms with E-state index < -0.39 is 0 Å². The molecular formula is C13H18BrNO2S. The van der Waals surface area contributed by atoms with Crippen LogP contribution in [-0.4, -0.2) is 42.0 Å². The highest BCUT2D eigenvalue weighted by molar-refractivity contribution is 9.10. The van der Waals surface area contributed by atoms with Crippen molar-refractivity contribution >= 4 is 33.0 Å². The molecular weight excluding hydrogens is 314 g/mol. The smallest absolute Gasteiger partial charge is 0.187 e. The first kappa shape index (κ1) is 14.2. The molecule has 100 valence electrons. The molecule has 1 fully saturated rings. The number of aliphatic hydroxyl groups excluding tert-OH is 1. The van der Waals surface area contributed by atoms with Crippen LogP contribution in [0.1, 0.15) is 28.9 Å². The van der Waals surface area contributed by atoms with E-state index in [2.05, 4.69) is 20.8 Å². The number of carbonyl (C=O) groups is 1. The Labute approximate surface area is 120 Å². The maximum Gasteiger partial charge on any atom is 0.187 e. The van der Waals surface area contributed by atoms with Crippen LogP contribution in [0.15, 0.2) is 15.9 Å². The fourth-order valence-corrected chi connectivity index (χ4v) is 4.01. The predicted molar refractivity (Wildman–Crippen MR) is 77.2 cm³/mol. The Hall–Kier alpha value is -0.230. The molecule has 0 bridgehead atoms. The van der Waals surface area contributed by atoms with Gasteiger partial charge in [0.05, 0.1) is 11.4 Å². The Kier molecular flexibility index (Phi) is 5.36. The van der Waals surface area contributed by atoms with E-state index >= 15 is 0 Å². The van der Waals surface area contributed by atoms with Crippen molar-refractivity contribution in [3.8, 4) is 0 Å². The number of ketones is 1. The number of hydrogen-bond donors (Lipinski definition) is 1. The van der Waals surface area contributed by atoms with Crippen molar-refractivity contribution in [1.29, 1.82) is 0 Å². The molecule has 1 saturated heterocycles. The molecule has 18 heavy (non-hydrogen) atoms. The summed E-state index contributed by atoms with van der Waals surface area (Å²) in [6.45, 7) is 2.69. The van der Waals surface area contributed by atoms with Crippen molar-refractivity contribution in [2.24, 2.45) is 5.92 Å². The highest BCUT2D eigenvalue weighted by atomic mass is 79.9. The van der Waals surface area contributed by atoms with Crippen LogP contribution in [0.3, 0.4) is 0 Å². The summed E-state index contributed by atoms with van der Waals surface area (Å²) in [5.74, 6) is 0.741. The molecule has 1 aliphatic rings. The van der Waals surface area contributed by atoms with E-state index in [4.69, 9.17) is 5.11 Å². The standard InChI is InChI=1S/C13H18BrNO2S/c14-11-4-7-18-13(11)12(17)9-15-5-1-2-10(8-15)3-6-16/h4,7,10,16H,1-3,5-6,8-9H2. The van der Waals surface area contributed by atoms with Crippen LogP contribution in [0.5, 0.6) is 0 Å². The first-order valence-electron chi connectivity index (χ1n) is 6.30. The summed E-state index contributed by atoms with van der Waals surface area (Å²) in [6, 6.07) is 1.92. The quantitative estimate of drug-likeness (QED) is 0.843. The summed E-state index contributed by atoms with van der Waals surface area (Å²) >= 11 is 4.90. The Bertz CT molecular complexity index is 405. The second-order valence-electron chi connectivity index (χ2n) is 4.78. The van der Waals surface area contributed by atoms with Crippen molar-refractivity contribution in [1.82, 2.24) is 4.90 Å². The van der Waals surface area contributed by atoms with Crippen molar-refractivity contribution < 1.29 is 9.90 Å². The molecule has 3 nitrogen and oxygen atoms in total. The van der Waals surface area contributed by atoms with Gasteiger partial charge in [-0.15, -0.1) is 11.3 Å². The van der Waals surface area contributed by atoms with E-state index in [1.54, 1.807) is 0 Å². The lowest BCUT2D eigenvalue weighted by molar-refractivity contribution is 0.0875. The molecule has 1 atom stereocenters. The number of likely N-dealkylation sites (tertiary alicyclic amines) is 1. The molecule has 0 amide bonds. The van der Waals surface area contributed by atoms with Crippen LogP contribution in [0, 0.1) is 5.92 Å². The van der Waals surface area contributed by atoms with Crippen molar-refractivity contribution in [3.05, 3.63) is 20.8 Å². The van der Waals surface area contributed by atoms with Crippen LogP contribution in [0.4, 0.5) is 0 Å². The molecule has 0 radical (unpaired) electrons. The van der Waals surface area contributed by atoms with Gasteiger partial charge >= 0.3 is 0 Å². The number of thiophene rings is 1. The van der Waals surface area contributed by atoms with Crippen molar-refractivity contribution in [3.63, 3.8) is 0 Å². The minimum absolute atomic E-state index is 0.196. The summed E-state index contributed by atoms with van der Waals surface area (Å²) in [7, 11) is 0. The predicted octanol–water partition coefficient (Wildman–Crippen LogP) is 2.79. The average molecular weight is 332 g/mol. The van der Waals surface area contributed by atoms with Crippen LogP contribution in [0.25, 0.3) is 0 Å². The number of aliphatic hydroxyl groups is 1. The molecule has 0 saturated carbocycles. The van der Waals surface area contributed by atoms with Crippen LogP contribution >= 0.6 is 27.3 Å². The minimum Gasteiger partial charge on any atom is -0.396 e. The largest absolute Gasteiger partial charge is 0.396 e. The fourth-order valence-electron chi connectivity index (χ4n) is 2.48. The van der Waals surface area contributed by atoms with Gasteiger partial charge in [0.2, 0.25) is 0 Å². The van der Waals surface area contributed by atoms with E-state index in [-0.39, 0.29) is 12.4 Å². The zero-order valence-electron chi connectivity index (χ0n) is 10.3. The van der Waals surface area contributed by atoms with Crippen LogP contribution in [-0.2, 0) is 0 Å². The van der Waals surface area contributed by atoms with Gasteiger partial charge in [-0.1, -0.05) is 0 Å². The monoisotopic (exact) mass is 331 g/mol. The molecule has 1 aromatic heterocycles. The van der Waals surface area contributed by atoms with Gasteiger partial charge in [0.25, 0.3) is 0 Å². The average Bonchev–Trinajstić information content (AvgIpc) is 2.76. The highest BCUT2D eigenvalue weighted by Gasteiger charge is 2.22. The third-order valence-electron chi connectivity index (χ3n) is 3.38. The summed E-state index contributed by atoms with van der Waals surface area (Å²) in [5, 5.41) is 10.9. The summed E-state index contributed by atoms with van der Waals surface area (Å²) in [4.78, 5) is 15.2. The zero-order valence-corrected chi connectivity index (χ0v) is 12.7. The summed E-state index contributed by atoms with van der Waals surface area (Å²) < 4.78 is 0.904. The molecule has 5 heteroatoms. The minimum atomic E-state index is 0.196. The molecule has 1 aromatic rings. The third-order valence-corrected chi connectivity index (χ3v) is 5.26. The van der Waals surface area contributed by atoms with Gasteiger partial charge in [-0.25, -0.2) is 0 Å². The van der Waals surface area contributed by atoms with Gasteiger partial charge in [0.15, 0.2) is 5.78 Å². The zero-order chi connectivity index (χ0) is 13.0. The first-order chi connectivity index (χ1) is 8.70. The lowest BCUT2D eigenvalue weighted by atomic mass is 9.95. The van der Waals surface area contributed by atoms with E-state index in [1.807, 2.05) is 11.4 Å². The number of hydrogen-bond acceptors (Lipinski definition) is 4. The van der Waals surface area contributed by atoms with E-state index in [0.717, 1.165) is 35.3 Å². The topological polar surface area (TPSA) is 40.5 Å². The third kappa shape index (κ3) is 3.63. The van der Waals surface area contributed by atoms with Crippen LogP contribution < -0.4 is 0 Å². The fraction of sp³-hybridized carbons (Fsp3) is 0.615. The molecule has 0 aromatic carbocycles. The van der Waals surface area contributed by atoms with Gasteiger partial charge < -0.3 is 5.11 Å². The number of nitrogens with zero attached hydrogens (tertiary/aromatic N) is 1. The normalized spacial score (nSPS) is 21.1. The maximum atomic E-state index is 12.1. The lowest BCUT2D eigenvalue weighted by Crippen LogP contribution is -2.39. The number of Topliss-reactive ketones (excluding diaryl/α,β-unsaturated/α-hetero) is 1. The summed E-state index contributed by atoms with van der Waals surface area (Å²) in [6.07, 6.45) is 3.16. The Balaban J connectivity index is 1.89. The molecule has 0 aliphatic carbocycles. The van der Waals surface area contributed by atoms with E-state index in [9.17, 15) is 4.79 Å². The first-order valence-corrected chi connectivity index (χ1v) is 7.97. The van der Waals surface area contributed by atoms with Gasteiger partial charge in [-0.3, -0.25) is 9.69 Å². The molecule has 2 heterocycles. The van der Waals surface area contributed by atoms with E-state index in [1.165, 1.54) is 17.8 Å². The maximum absolute atomic E-state index is 12.1. The SMILES string of the molecule is O=C(CN1CCCC(CCO)C1)c1sccc1Br. The number of carbonyl (C=O) groups excluding carboxylic acids is 1. The molecule has 1 N–H and O–H groups in total. The van der Waals surface area contributed by atoms with Crippen molar-refractivity contribution in [2.45, 2.75) is 19.3 Å². The highest BCUT2D eigenvalue weighted by Crippen LogP contribution is 2.24. The Morgan fingerprint density at radius 2 is 2.44 bits per heavy atom. The molecule has 1 unspecified atom stereocenters. The lowest BCUT2D eigenvalue weighted by Gasteiger charge is -2.31.